The molecule has 1 aliphatic heterocycles. The Morgan fingerprint density at radius 2 is 2.15 bits per heavy atom. The van der Waals surface area contributed by atoms with E-state index in [-0.39, 0.29) is 11.3 Å². The first kappa shape index (κ1) is 14.6. The van der Waals surface area contributed by atoms with Crippen LogP contribution in [0.1, 0.15) is 32.9 Å². The van der Waals surface area contributed by atoms with E-state index in [0.29, 0.717) is 18.7 Å². The minimum Gasteiger partial charge on any atom is -0.397 e. The van der Waals surface area contributed by atoms with Gasteiger partial charge in [0.05, 0.1) is 18.3 Å². The van der Waals surface area contributed by atoms with Crippen LogP contribution in [0.2, 0.25) is 0 Å². The van der Waals surface area contributed by atoms with Gasteiger partial charge in [-0.25, -0.2) is 0 Å². The number of rotatable bonds is 2. The number of carbonyl (C=O) groups excluding carboxylic acids is 1. The van der Waals surface area contributed by atoms with Crippen LogP contribution >= 0.6 is 0 Å². The van der Waals surface area contributed by atoms with Crippen LogP contribution in [-0.4, -0.2) is 28.9 Å². The standard InChI is InChI=1S/C16H23N3O/c1-16(2,3)12-6-8-19(9-7-12)15(20)10-14-5-4-13(17)11-18-14/h4-6,11H,7-10,17H2,1-3H3. The van der Waals surface area contributed by atoms with Crippen molar-refractivity contribution in [1.82, 2.24) is 9.88 Å². The molecule has 0 radical (unpaired) electrons. The zero-order valence-corrected chi connectivity index (χ0v) is 12.5. The van der Waals surface area contributed by atoms with Crippen LogP contribution in [0, 0.1) is 5.41 Å². The van der Waals surface area contributed by atoms with Gasteiger partial charge in [0.1, 0.15) is 0 Å². The Kier molecular flexibility index (Phi) is 4.12. The Bertz CT molecular complexity index is 512. The van der Waals surface area contributed by atoms with E-state index >= 15 is 0 Å². The van der Waals surface area contributed by atoms with Crippen LogP contribution in [0.25, 0.3) is 0 Å². The fraction of sp³-hybridized carbons (Fsp3) is 0.500. The summed E-state index contributed by atoms with van der Waals surface area (Å²) in [6.07, 6.45) is 5.09. The normalized spacial score (nSPS) is 15.9. The number of hydrogen-bond acceptors (Lipinski definition) is 3. The summed E-state index contributed by atoms with van der Waals surface area (Å²) in [4.78, 5) is 18.3. The minimum absolute atomic E-state index is 0.131. The predicted octanol–water partition coefficient (Wildman–Crippen LogP) is 2.41. The third-order valence-electron chi connectivity index (χ3n) is 3.71. The van der Waals surface area contributed by atoms with Crippen molar-refractivity contribution < 1.29 is 4.79 Å². The number of anilines is 1. The highest BCUT2D eigenvalue weighted by Crippen LogP contribution is 2.30. The fourth-order valence-corrected chi connectivity index (χ4v) is 2.38. The molecule has 1 aromatic rings. The molecule has 4 nitrogen and oxygen atoms in total. The average Bonchev–Trinajstić information content (AvgIpc) is 2.40. The minimum atomic E-state index is 0.131. The first-order valence-electron chi connectivity index (χ1n) is 7.04. The van der Waals surface area contributed by atoms with Crippen LogP contribution in [0.5, 0.6) is 0 Å². The fourth-order valence-electron chi connectivity index (χ4n) is 2.38. The van der Waals surface area contributed by atoms with Crippen LogP contribution < -0.4 is 5.73 Å². The quantitative estimate of drug-likeness (QED) is 0.842. The Morgan fingerprint density at radius 3 is 2.65 bits per heavy atom. The van der Waals surface area contributed by atoms with E-state index in [9.17, 15) is 4.79 Å². The van der Waals surface area contributed by atoms with Gasteiger partial charge in [0.25, 0.3) is 0 Å². The summed E-state index contributed by atoms with van der Waals surface area (Å²) in [6, 6.07) is 3.59. The Morgan fingerprint density at radius 1 is 1.40 bits per heavy atom. The monoisotopic (exact) mass is 273 g/mol. The van der Waals surface area contributed by atoms with Gasteiger partial charge in [-0.1, -0.05) is 32.4 Å². The molecule has 0 aliphatic carbocycles. The topological polar surface area (TPSA) is 59.2 Å². The molecular weight excluding hydrogens is 250 g/mol. The molecule has 1 amide bonds. The van der Waals surface area contributed by atoms with E-state index in [4.69, 9.17) is 5.73 Å². The molecule has 2 rings (SSSR count). The second-order valence-corrected chi connectivity index (χ2v) is 6.33. The number of aromatic nitrogens is 1. The molecule has 0 fully saturated rings. The third kappa shape index (κ3) is 3.59. The molecule has 0 unspecified atom stereocenters. The lowest BCUT2D eigenvalue weighted by atomic mass is 9.83. The van der Waals surface area contributed by atoms with Crippen LogP contribution in [0.4, 0.5) is 5.69 Å². The second kappa shape index (κ2) is 5.65. The van der Waals surface area contributed by atoms with Crippen LogP contribution in [0.15, 0.2) is 30.0 Å². The molecule has 2 N–H and O–H groups in total. The first-order valence-corrected chi connectivity index (χ1v) is 7.04. The maximum absolute atomic E-state index is 12.2. The molecular formula is C16H23N3O. The predicted molar refractivity (Wildman–Crippen MR) is 81.1 cm³/mol. The van der Waals surface area contributed by atoms with Gasteiger partial charge in [-0.2, -0.15) is 0 Å². The lowest BCUT2D eigenvalue weighted by Crippen LogP contribution is -2.37. The molecule has 4 heteroatoms. The Labute approximate surface area is 120 Å². The number of nitrogen functional groups attached to an aromatic ring is 1. The Balaban J connectivity index is 1.95. The molecule has 0 aromatic carbocycles. The molecule has 0 saturated carbocycles. The smallest absolute Gasteiger partial charge is 0.228 e. The van der Waals surface area contributed by atoms with E-state index < -0.39 is 0 Å². The van der Waals surface area contributed by atoms with Gasteiger partial charge in [0, 0.05) is 18.8 Å². The third-order valence-corrected chi connectivity index (χ3v) is 3.71. The highest BCUT2D eigenvalue weighted by Gasteiger charge is 2.23. The molecule has 1 aliphatic rings. The lowest BCUT2D eigenvalue weighted by Gasteiger charge is -2.32. The van der Waals surface area contributed by atoms with Crippen LogP contribution in [0.3, 0.4) is 0 Å². The number of carbonyl (C=O) groups is 1. The van der Waals surface area contributed by atoms with Crippen molar-refractivity contribution in [2.24, 2.45) is 5.41 Å². The molecule has 0 atom stereocenters. The number of hydrogen-bond donors (Lipinski definition) is 1. The van der Waals surface area contributed by atoms with Crippen molar-refractivity contribution in [1.29, 1.82) is 0 Å². The van der Waals surface area contributed by atoms with Crippen molar-refractivity contribution in [3.63, 3.8) is 0 Å². The van der Waals surface area contributed by atoms with Crippen LogP contribution in [-0.2, 0) is 11.2 Å². The highest BCUT2D eigenvalue weighted by atomic mass is 16.2. The zero-order valence-electron chi connectivity index (χ0n) is 12.5. The Hall–Kier alpha value is -1.84. The summed E-state index contributed by atoms with van der Waals surface area (Å²) in [6.45, 7) is 8.16. The van der Waals surface area contributed by atoms with Crippen molar-refractivity contribution in [2.75, 3.05) is 18.8 Å². The lowest BCUT2D eigenvalue weighted by molar-refractivity contribution is -0.130. The van der Waals surface area contributed by atoms with Gasteiger partial charge >= 0.3 is 0 Å². The summed E-state index contributed by atoms with van der Waals surface area (Å²) in [5.41, 5.74) is 8.62. The van der Waals surface area contributed by atoms with Gasteiger partial charge in [0.2, 0.25) is 5.91 Å². The molecule has 1 aromatic heterocycles. The van der Waals surface area contributed by atoms with Gasteiger partial charge in [-0.05, 0) is 24.0 Å². The number of pyridine rings is 1. The highest BCUT2D eigenvalue weighted by molar-refractivity contribution is 5.78. The first-order chi connectivity index (χ1) is 9.36. The van der Waals surface area contributed by atoms with E-state index in [1.165, 1.54) is 5.57 Å². The summed E-state index contributed by atoms with van der Waals surface area (Å²) >= 11 is 0. The average molecular weight is 273 g/mol. The van der Waals surface area contributed by atoms with E-state index in [0.717, 1.165) is 18.7 Å². The van der Waals surface area contributed by atoms with Gasteiger partial charge in [-0.3, -0.25) is 9.78 Å². The van der Waals surface area contributed by atoms with Crippen molar-refractivity contribution in [3.05, 3.63) is 35.7 Å². The summed E-state index contributed by atoms with van der Waals surface area (Å²) < 4.78 is 0. The van der Waals surface area contributed by atoms with Crippen molar-refractivity contribution >= 4 is 11.6 Å². The van der Waals surface area contributed by atoms with Gasteiger partial charge in [0.15, 0.2) is 0 Å². The zero-order chi connectivity index (χ0) is 14.8. The summed E-state index contributed by atoms with van der Waals surface area (Å²) in [5, 5.41) is 0. The summed E-state index contributed by atoms with van der Waals surface area (Å²) in [7, 11) is 0. The van der Waals surface area contributed by atoms with E-state index in [1.54, 1.807) is 12.3 Å². The molecule has 108 valence electrons. The molecule has 20 heavy (non-hydrogen) atoms. The second-order valence-electron chi connectivity index (χ2n) is 6.33. The van der Waals surface area contributed by atoms with E-state index in [2.05, 4.69) is 31.8 Å². The van der Waals surface area contributed by atoms with Gasteiger partial charge < -0.3 is 10.6 Å². The molecule has 2 heterocycles. The maximum Gasteiger partial charge on any atom is 0.228 e. The number of nitrogens with zero attached hydrogens (tertiary/aromatic N) is 2. The van der Waals surface area contributed by atoms with E-state index in [1.807, 2.05) is 11.0 Å². The SMILES string of the molecule is CC(C)(C)C1=CCN(C(=O)Cc2ccc(N)cn2)CC1. The number of amides is 1. The molecule has 0 spiro atoms. The molecule has 0 saturated heterocycles. The van der Waals surface area contributed by atoms with Crippen molar-refractivity contribution in [3.8, 4) is 0 Å². The van der Waals surface area contributed by atoms with Gasteiger partial charge in [-0.15, -0.1) is 0 Å². The molecule has 0 bridgehead atoms. The van der Waals surface area contributed by atoms with Crippen molar-refractivity contribution in [2.45, 2.75) is 33.6 Å². The largest absolute Gasteiger partial charge is 0.397 e. The summed E-state index contributed by atoms with van der Waals surface area (Å²) in [5.74, 6) is 0.131. The maximum atomic E-state index is 12.2. The number of nitrogens with two attached hydrogens (primary N) is 1.